The molecule has 0 radical (unpaired) electrons. The molecule has 1 fully saturated rings. The van der Waals surface area contributed by atoms with Crippen molar-refractivity contribution in [2.45, 2.75) is 56.3 Å². The van der Waals surface area contributed by atoms with Gasteiger partial charge >= 0.3 is 11.9 Å². The van der Waals surface area contributed by atoms with Crippen molar-refractivity contribution in [3.63, 3.8) is 0 Å². The standard InChI is InChI=1S/C26H31N7O7/c27-17(8-14-11-29-18-5-2-1-4-16(14)18)23(36)31-19(10-22(34)35)24(37)32-20(9-15-12-28-13-30-15)25(38)33-7-3-6-21(33)26(39)40/h1-2,4-5,11-13,17,19-21,29H,3,6-10,27H2,(H,28,30)(H,31,36)(H,32,37)(H,34,35)(H,39,40). The molecule has 8 N–H and O–H groups in total. The lowest BCUT2D eigenvalue weighted by molar-refractivity contribution is -0.149. The first-order chi connectivity index (χ1) is 19.1. The summed E-state index contributed by atoms with van der Waals surface area (Å²) < 4.78 is 0. The molecule has 3 amide bonds. The zero-order valence-corrected chi connectivity index (χ0v) is 21.5. The molecule has 1 aromatic carbocycles. The average Bonchev–Trinajstić information content (AvgIpc) is 3.69. The Hall–Kier alpha value is -4.72. The van der Waals surface area contributed by atoms with Crippen LogP contribution in [0.2, 0.25) is 0 Å². The van der Waals surface area contributed by atoms with Crippen LogP contribution in [0, 0.1) is 0 Å². The van der Waals surface area contributed by atoms with Crippen molar-refractivity contribution in [3.05, 3.63) is 54.2 Å². The highest BCUT2D eigenvalue weighted by molar-refractivity contribution is 5.96. The van der Waals surface area contributed by atoms with Gasteiger partial charge in [-0.3, -0.25) is 19.2 Å². The molecule has 40 heavy (non-hydrogen) atoms. The lowest BCUT2D eigenvalue weighted by atomic mass is 10.0. The molecule has 0 saturated carbocycles. The Morgan fingerprint density at radius 1 is 1.05 bits per heavy atom. The number of carbonyl (C=O) groups is 5. The number of hydrogen-bond donors (Lipinski definition) is 7. The summed E-state index contributed by atoms with van der Waals surface area (Å²) in [6.07, 6.45) is 4.64. The van der Waals surface area contributed by atoms with Crippen LogP contribution in [-0.2, 0) is 36.8 Å². The number of rotatable bonds is 12. The zero-order valence-electron chi connectivity index (χ0n) is 21.5. The van der Waals surface area contributed by atoms with E-state index >= 15 is 0 Å². The number of aromatic nitrogens is 3. The lowest BCUT2D eigenvalue weighted by Crippen LogP contribution is -2.58. The molecule has 1 aliphatic heterocycles. The molecule has 1 aliphatic rings. The minimum absolute atomic E-state index is 0.0543. The second-order valence-electron chi connectivity index (χ2n) is 9.70. The Bertz CT molecular complexity index is 1390. The van der Waals surface area contributed by atoms with Crippen LogP contribution in [0.3, 0.4) is 0 Å². The van der Waals surface area contributed by atoms with Crippen LogP contribution in [0.4, 0.5) is 0 Å². The van der Waals surface area contributed by atoms with Gasteiger partial charge in [0.2, 0.25) is 17.7 Å². The van der Waals surface area contributed by atoms with E-state index in [1.54, 1.807) is 6.20 Å². The number of carboxylic acid groups (broad SMARTS) is 2. The van der Waals surface area contributed by atoms with Gasteiger partial charge in [-0.2, -0.15) is 0 Å². The first-order valence-electron chi connectivity index (χ1n) is 12.8. The Labute approximate surface area is 228 Å². The summed E-state index contributed by atoms with van der Waals surface area (Å²) in [7, 11) is 0. The summed E-state index contributed by atoms with van der Waals surface area (Å²) in [4.78, 5) is 73.8. The van der Waals surface area contributed by atoms with Crippen molar-refractivity contribution in [3.8, 4) is 0 Å². The lowest BCUT2D eigenvalue weighted by Gasteiger charge is -2.28. The van der Waals surface area contributed by atoms with E-state index in [0.29, 0.717) is 12.1 Å². The van der Waals surface area contributed by atoms with Crippen LogP contribution in [0.5, 0.6) is 0 Å². The van der Waals surface area contributed by atoms with Crippen molar-refractivity contribution in [1.82, 2.24) is 30.5 Å². The maximum absolute atomic E-state index is 13.4. The van der Waals surface area contributed by atoms with E-state index in [4.69, 9.17) is 5.73 Å². The van der Waals surface area contributed by atoms with Gasteiger partial charge in [-0.1, -0.05) is 18.2 Å². The fourth-order valence-electron chi connectivity index (χ4n) is 4.87. The highest BCUT2D eigenvalue weighted by atomic mass is 16.4. The Morgan fingerprint density at radius 3 is 2.50 bits per heavy atom. The number of para-hydroxylation sites is 1. The molecule has 0 spiro atoms. The molecule has 14 nitrogen and oxygen atoms in total. The fraction of sp³-hybridized carbons (Fsp3) is 0.385. The smallest absolute Gasteiger partial charge is 0.326 e. The summed E-state index contributed by atoms with van der Waals surface area (Å²) in [5.41, 5.74) is 8.25. The van der Waals surface area contributed by atoms with Gasteiger partial charge in [-0.15, -0.1) is 0 Å². The molecule has 1 saturated heterocycles. The normalized spacial score (nSPS) is 17.2. The highest BCUT2D eigenvalue weighted by Gasteiger charge is 2.39. The third-order valence-corrected chi connectivity index (χ3v) is 6.88. The molecule has 4 atom stereocenters. The number of fused-ring (bicyclic) bond motifs is 1. The van der Waals surface area contributed by atoms with Gasteiger partial charge in [-0.05, 0) is 30.9 Å². The maximum Gasteiger partial charge on any atom is 0.326 e. The van der Waals surface area contributed by atoms with Crippen molar-refractivity contribution < 1.29 is 34.2 Å². The van der Waals surface area contributed by atoms with Crippen molar-refractivity contribution in [2.24, 2.45) is 5.73 Å². The molecule has 14 heteroatoms. The van der Waals surface area contributed by atoms with Crippen LogP contribution >= 0.6 is 0 Å². The summed E-state index contributed by atoms with van der Waals surface area (Å²) in [5.74, 6) is -4.80. The molecule has 3 aromatic rings. The summed E-state index contributed by atoms with van der Waals surface area (Å²) in [6, 6.07) is 2.56. The van der Waals surface area contributed by atoms with E-state index in [-0.39, 0.29) is 25.8 Å². The van der Waals surface area contributed by atoms with Crippen LogP contribution in [-0.4, -0.2) is 90.4 Å². The number of nitrogens with two attached hydrogens (primary N) is 1. The number of aliphatic carboxylic acids is 2. The predicted molar refractivity (Wildman–Crippen MR) is 141 cm³/mol. The third kappa shape index (κ3) is 6.64. The number of nitrogens with zero attached hydrogens (tertiary/aromatic N) is 2. The quantitative estimate of drug-likeness (QED) is 0.154. The summed E-state index contributed by atoms with van der Waals surface area (Å²) >= 11 is 0. The first kappa shape index (κ1) is 28.3. The van der Waals surface area contributed by atoms with Crippen molar-refractivity contribution in [2.75, 3.05) is 6.54 Å². The molecule has 2 aromatic heterocycles. The highest BCUT2D eigenvalue weighted by Crippen LogP contribution is 2.20. The van der Waals surface area contributed by atoms with E-state index < -0.39 is 60.2 Å². The van der Waals surface area contributed by atoms with Gasteiger partial charge in [0, 0.05) is 42.0 Å². The van der Waals surface area contributed by atoms with Crippen molar-refractivity contribution >= 4 is 40.6 Å². The molecule has 212 valence electrons. The van der Waals surface area contributed by atoms with Gasteiger partial charge in [0.25, 0.3) is 0 Å². The van der Waals surface area contributed by atoms with E-state index in [1.807, 2.05) is 24.3 Å². The number of nitrogens with one attached hydrogen (secondary N) is 4. The summed E-state index contributed by atoms with van der Waals surface area (Å²) in [5, 5.41) is 24.7. The van der Waals surface area contributed by atoms with Gasteiger partial charge in [0.05, 0.1) is 18.8 Å². The van der Waals surface area contributed by atoms with Crippen LogP contribution in [0.1, 0.15) is 30.5 Å². The number of benzene rings is 1. The van der Waals surface area contributed by atoms with Gasteiger partial charge in [0.1, 0.15) is 18.1 Å². The Kier molecular flexibility index (Phi) is 8.79. The minimum atomic E-state index is -1.54. The topological polar surface area (TPSA) is 224 Å². The number of carbonyl (C=O) groups excluding carboxylic acids is 3. The second kappa shape index (κ2) is 12.4. The average molecular weight is 554 g/mol. The number of likely N-dealkylation sites (tertiary alicyclic amines) is 1. The van der Waals surface area contributed by atoms with E-state index in [9.17, 15) is 34.2 Å². The third-order valence-electron chi connectivity index (χ3n) is 6.88. The molecule has 4 unspecified atom stereocenters. The predicted octanol–water partition coefficient (Wildman–Crippen LogP) is -0.477. The number of imidazole rings is 1. The van der Waals surface area contributed by atoms with Crippen molar-refractivity contribution in [1.29, 1.82) is 0 Å². The van der Waals surface area contributed by atoms with Crippen LogP contribution in [0.25, 0.3) is 10.9 Å². The molecule has 3 heterocycles. The van der Waals surface area contributed by atoms with E-state index in [0.717, 1.165) is 16.5 Å². The number of amides is 3. The van der Waals surface area contributed by atoms with Crippen LogP contribution < -0.4 is 16.4 Å². The van der Waals surface area contributed by atoms with E-state index in [2.05, 4.69) is 25.6 Å². The largest absolute Gasteiger partial charge is 0.481 e. The monoisotopic (exact) mass is 553 g/mol. The number of H-pyrrole nitrogens is 2. The maximum atomic E-state index is 13.4. The molecular formula is C26H31N7O7. The number of aromatic amines is 2. The van der Waals surface area contributed by atoms with E-state index in [1.165, 1.54) is 17.4 Å². The number of carboxylic acids is 2. The number of hydrogen-bond acceptors (Lipinski definition) is 7. The SMILES string of the molecule is NC(Cc1c[nH]c2ccccc12)C(=O)NC(CC(=O)O)C(=O)NC(Cc1cnc[nH]1)C(=O)N1CCCC1C(=O)O. The Balaban J connectivity index is 1.48. The molecule has 4 rings (SSSR count). The summed E-state index contributed by atoms with van der Waals surface area (Å²) in [6.45, 7) is 0.198. The van der Waals surface area contributed by atoms with Gasteiger partial charge in [0.15, 0.2) is 0 Å². The molecular weight excluding hydrogens is 522 g/mol. The first-order valence-corrected chi connectivity index (χ1v) is 12.8. The second-order valence-corrected chi connectivity index (χ2v) is 9.70. The van der Waals surface area contributed by atoms with Gasteiger partial charge in [-0.25, -0.2) is 9.78 Å². The fourth-order valence-corrected chi connectivity index (χ4v) is 4.87. The Morgan fingerprint density at radius 2 is 1.80 bits per heavy atom. The molecule has 0 bridgehead atoms. The van der Waals surface area contributed by atoms with Crippen LogP contribution in [0.15, 0.2) is 43.0 Å². The zero-order chi connectivity index (χ0) is 28.8. The molecule has 0 aliphatic carbocycles. The minimum Gasteiger partial charge on any atom is -0.481 e. The van der Waals surface area contributed by atoms with Gasteiger partial charge < -0.3 is 41.4 Å².